The number of phosphoric ester groups is 1. The first-order valence-corrected chi connectivity index (χ1v) is 10.1. The summed E-state index contributed by atoms with van der Waals surface area (Å²) in [5.41, 5.74) is -0.0365. The Kier molecular flexibility index (Phi) is 4.96. The van der Waals surface area contributed by atoms with Gasteiger partial charge >= 0.3 is 13.5 Å². The van der Waals surface area contributed by atoms with Crippen LogP contribution in [-0.2, 0) is 25.0 Å². The van der Waals surface area contributed by atoms with Crippen LogP contribution in [0.1, 0.15) is 30.2 Å². The highest BCUT2D eigenvalue weighted by Crippen LogP contribution is 2.54. The van der Waals surface area contributed by atoms with Crippen LogP contribution in [0.5, 0.6) is 5.75 Å². The summed E-state index contributed by atoms with van der Waals surface area (Å²) in [7, 11) is -3.78. The van der Waals surface area contributed by atoms with E-state index in [0.717, 1.165) is 21.9 Å². The van der Waals surface area contributed by atoms with E-state index in [-0.39, 0.29) is 13.2 Å². The van der Waals surface area contributed by atoms with Crippen molar-refractivity contribution in [2.45, 2.75) is 38.7 Å². The summed E-state index contributed by atoms with van der Waals surface area (Å²) in [6, 6.07) is 5.42. The van der Waals surface area contributed by atoms with Crippen molar-refractivity contribution in [3.8, 4) is 5.75 Å². The van der Waals surface area contributed by atoms with Crippen molar-refractivity contribution < 1.29 is 27.3 Å². The standard InChI is InChI=1S/C17H18FN2O7P/c1-10-2-4-14-11(6-10)8-24-28(23,27-14)25-9-12-3-5-15(26-12)20-7-13(18)16(21)19-17(20)22/h2,4,6-7,12,15H,3,5,8-9H2,1H3,(H,19,21,22). The fourth-order valence-electron chi connectivity index (χ4n) is 3.13. The molecule has 0 radical (unpaired) electrons. The van der Waals surface area contributed by atoms with Gasteiger partial charge < -0.3 is 9.26 Å². The Labute approximate surface area is 158 Å². The summed E-state index contributed by atoms with van der Waals surface area (Å²) in [5.74, 6) is -0.633. The number of benzene rings is 1. The van der Waals surface area contributed by atoms with Crippen LogP contribution >= 0.6 is 7.82 Å². The monoisotopic (exact) mass is 412 g/mol. The number of phosphoric acid groups is 1. The average molecular weight is 412 g/mol. The number of hydrogen-bond acceptors (Lipinski definition) is 7. The summed E-state index contributed by atoms with van der Waals surface area (Å²) in [6.07, 6.45) is 0.430. The van der Waals surface area contributed by atoms with Crippen LogP contribution in [0.15, 0.2) is 34.0 Å². The molecule has 2 aliphatic rings. The molecule has 0 saturated carbocycles. The Bertz CT molecular complexity index is 1070. The molecular weight excluding hydrogens is 394 g/mol. The number of nitrogens with one attached hydrogen (secondary N) is 1. The smallest absolute Gasteiger partial charge is 0.404 e. The molecule has 1 saturated heterocycles. The first kappa shape index (κ1) is 19.1. The van der Waals surface area contributed by atoms with Gasteiger partial charge in [-0.1, -0.05) is 17.7 Å². The van der Waals surface area contributed by atoms with Gasteiger partial charge in [0.05, 0.1) is 25.5 Å². The molecule has 4 rings (SSSR count). The van der Waals surface area contributed by atoms with Crippen LogP contribution in [0.2, 0.25) is 0 Å². The van der Waals surface area contributed by atoms with Crippen molar-refractivity contribution in [2.75, 3.05) is 6.61 Å². The predicted octanol–water partition coefficient (Wildman–Crippen LogP) is 2.40. The average Bonchev–Trinajstić information content (AvgIpc) is 3.12. The topological polar surface area (TPSA) is 109 Å². The maximum Gasteiger partial charge on any atom is 0.530 e. The highest BCUT2D eigenvalue weighted by atomic mass is 31.2. The molecule has 0 spiro atoms. The van der Waals surface area contributed by atoms with Crippen LogP contribution in [-0.4, -0.2) is 22.3 Å². The second kappa shape index (κ2) is 7.29. The molecular formula is C17H18FN2O7P. The van der Waals surface area contributed by atoms with Crippen molar-refractivity contribution in [3.63, 3.8) is 0 Å². The molecule has 2 aliphatic heterocycles. The summed E-state index contributed by atoms with van der Waals surface area (Å²) < 4.78 is 48.8. The Morgan fingerprint density at radius 1 is 1.36 bits per heavy atom. The van der Waals surface area contributed by atoms with E-state index in [1.807, 2.05) is 24.0 Å². The van der Waals surface area contributed by atoms with Crippen LogP contribution in [0.4, 0.5) is 4.39 Å². The van der Waals surface area contributed by atoms with Gasteiger partial charge in [-0.3, -0.25) is 23.4 Å². The van der Waals surface area contributed by atoms with E-state index in [1.165, 1.54) is 0 Å². The molecule has 1 N–H and O–H groups in total. The lowest BCUT2D eigenvalue weighted by molar-refractivity contribution is -0.0268. The van der Waals surface area contributed by atoms with Crippen molar-refractivity contribution in [2.24, 2.45) is 0 Å². The van der Waals surface area contributed by atoms with Gasteiger partial charge in [-0.25, -0.2) is 9.36 Å². The minimum atomic E-state index is -3.78. The van der Waals surface area contributed by atoms with E-state index < -0.39 is 37.2 Å². The van der Waals surface area contributed by atoms with Gasteiger partial charge in [0.1, 0.15) is 12.0 Å². The Balaban J connectivity index is 1.38. The van der Waals surface area contributed by atoms with Crippen LogP contribution in [0.25, 0.3) is 0 Å². The van der Waals surface area contributed by atoms with Gasteiger partial charge in [0.2, 0.25) is 5.82 Å². The third kappa shape index (κ3) is 3.81. The molecule has 0 bridgehead atoms. The highest BCUT2D eigenvalue weighted by molar-refractivity contribution is 7.49. The Morgan fingerprint density at radius 3 is 3.00 bits per heavy atom. The molecule has 9 nitrogen and oxygen atoms in total. The Morgan fingerprint density at radius 2 is 2.18 bits per heavy atom. The summed E-state index contributed by atoms with van der Waals surface area (Å²) in [4.78, 5) is 24.8. The van der Waals surface area contributed by atoms with E-state index in [4.69, 9.17) is 18.3 Å². The number of aromatic amines is 1. The second-order valence-corrected chi connectivity index (χ2v) is 8.25. The summed E-state index contributed by atoms with van der Waals surface area (Å²) in [6.45, 7) is 1.95. The zero-order chi connectivity index (χ0) is 19.9. The third-order valence-electron chi connectivity index (χ3n) is 4.54. The van der Waals surface area contributed by atoms with Crippen LogP contribution < -0.4 is 15.8 Å². The molecule has 3 atom stereocenters. The van der Waals surface area contributed by atoms with Gasteiger partial charge in [0.25, 0.3) is 5.56 Å². The van der Waals surface area contributed by atoms with Crippen molar-refractivity contribution in [3.05, 3.63) is 62.2 Å². The van der Waals surface area contributed by atoms with Gasteiger partial charge in [0.15, 0.2) is 0 Å². The zero-order valence-corrected chi connectivity index (χ0v) is 15.8. The minimum absolute atomic E-state index is 0.0877. The van der Waals surface area contributed by atoms with E-state index >= 15 is 0 Å². The molecule has 1 aromatic heterocycles. The summed E-state index contributed by atoms with van der Waals surface area (Å²) >= 11 is 0. The Hall–Kier alpha value is -2.26. The second-order valence-electron chi connectivity index (χ2n) is 6.65. The molecule has 1 aromatic carbocycles. The number of H-pyrrole nitrogens is 1. The fraction of sp³-hybridized carbons (Fsp3) is 0.412. The number of nitrogens with zero attached hydrogens (tertiary/aromatic N) is 1. The third-order valence-corrected chi connectivity index (χ3v) is 5.87. The first-order chi connectivity index (χ1) is 13.3. The molecule has 150 valence electrons. The number of aromatic nitrogens is 2. The number of rotatable bonds is 4. The number of halogens is 1. The summed E-state index contributed by atoms with van der Waals surface area (Å²) in [5, 5.41) is 0. The van der Waals surface area contributed by atoms with Crippen LogP contribution in [0.3, 0.4) is 0 Å². The predicted molar refractivity (Wildman–Crippen MR) is 94.6 cm³/mol. The van der Waals surface area contributed by atoms with Crippen molar-refractivity contribution in [1.29, 1.82) is 0 Å². The largest absolute Gasteiger partial charge is 0.530 e. The van der Waals surface area contributed by atoms with E-state index in [1.54, 1.807) is 6.07 Å². The zero-order valence-electron chi connectivity index (χ0n) is 14.9. The quantitative estimate of drug-likeness (QED) is 0.768. The molecule has 28 heavy (non-hydrogen) atoms. The van der Waals surface area contributed by atoms with Gasteiger partial charge in [-0.05, 0) is 25.8 Å². The van der Waals surface area contributed by atoms with Crippen LogP contribution in [0, 0.1) is 12.7 Å². The molecule has 0 amide bonds. The minimum Gasteiger partial charge on any atom is -0.404 e. The molecule has 3 heterocycles. The number of fused-ring (bicyclic) bond motifs is 1. The first-order valence-electron chi connectivity index (χ1n) is 8.68. The highest BCUT2D eigenvalue weighted by Gasteiger charge is 2.37. The maximum atomic E-state index is 13.4. The van der Waals surface area contributed by atoms with E-state index in [0.29, 0.717) is 18.6 Å². The lowest BCUT2D eigenvalue weighted by Crippen LogP contribution is -2.34. The normalized spacial score (nSPS) is 26.6. The van der Waals surface area contributed by atoms with Crippen molar-refractivity contribution >= 4 is 7.82 Å². The number of hydrogen-bond donors (Lipinski definition) is 1. The molecule has 2 aromatic rings. The molecule has 1 fully saturated rings. The van der Waals surface area contributed by atoms with Crippen molar-refractivity contribution in [1.82, 2.24) is 9.55 Å². The fourth-order valence-corrected chi connectivity index (χ4v) is 4.38. The van der Waals surface area contributed by atoms with E-state index in [2.05, 4.69) is 0 Å². The lowest BCUT2D eigenvalue weighted by Gasteiger charge is -2.26. The molecule has 0 aliphatic carbocycles. The molecule has 3 unspecified atom stereocenters. The lowest BCUT2D eigenvalue weighted by atomic mass is 10.1. The SMILES string of the molecule is Cc1ccc2c(c1)COP(=O)(OCC1CCC(n3cc(F)c(=O)[nH]c3=O)O1)O2. The van der Waals surface area contributed by atoms with Gasteiger partial charge in [-0.2, -0.15) is 4.39 Å². The molecule has 11 heteroatoms. The maximum absolute atomic E-state index is 13.4. The number of ether oxygens (including phenoxy) is 1. The van der Waals surface area contributed by atoms with Gasteiger partial charge in [0, 0.05) is 5.56 Å². The van der Waals surface area contributed by atoms with Gasteiger partial charge in [-0.15, -0.1) is 0 Å². The number of aryl methyl sites for hydroxylation is 1. The van der Waals surface area contributed by atoms with E-state index in [9.17, 15) is 18.5 Å².